The van der Waals surface area contributed by atoms with Crippen molar-refractivity contribution in [1.82, 2.24) is 14.5 Å². The Kier molecular flexibility index (Phi) is 12.4. The van der Waals surface area contributed by atoms with Crippen LogP contribution < -0.4 is 10.6 Å². The largest absolute Gasteiger partial charge is 0.389 e. The number of piperidine rings is 1. The number of likely N-dealkylation sites (tertiary alicyclic amines) is 1. The standard InChI is InChI=1S/C42H44N6O2.2ClH/c1-46-38-20-19-35(26-37(38)45-39(46)21-16-30-14-17-33(18-15-30)41(43)44)48(28-34-12-7-11-32-10-5-6-13-36(32)34)40(49)29-47-24-22-42(50,23-25-47)27-31-8-3-2-4-9-31;;/h2-15,17-20,26,50H,16,21-25,27-29H2,1H3,(H3,43,44);2*1H. The third kappa shape index (κ3) is 8.65. The van der Waals surface area contributed by atoms with E-state index in [4.69, 9.17) is 16.1 Å². The van der Waals surface area contributed by atoms with Crippen LogP contribution in [-0.4, -0.2) is 56.5 Å². The van der Waals surface area contributed by atoms with Gasteiger partial charge < -0.3 is 20.3 Å². The summed E-state index contributed by atoms with van der Waals surface area (Å²) in [4.78, 5) is 23.4. The molecule has 0 atom stereocenters. The lowest BCUT2D eigenvalue weighted by Gasteiger charge is -2.38. The molecule has 0 aliphatic carbocycles. The van der Waals surface area contributed by atoms with Gasteiger partial charge in [0.1, 0.15) is 11.7 Å². The van der Waals surface area contributed by atoms with Gasteiger partial charge in [-0.3, -0.25) is 15.1 Å². The number of halogens is 2. The number of aryl methyl sites for hydroxylation is 3. The number of amides is 1. The van der Waals surface area contributed by atoms with E-state index in [9.17, 15) is 9.90 Å². The number of carbonyl (C=O) groups excluding carboxylic acids is 1. The number of aliphatic hydroxyl groups is 1. The van der Waals surface area contributed by atoms with Crippen molar-refractivity contribution in [2.24, 2.45) is 12.8 Å². The lowest BCUT2D eigenvalue weighted by molar-refractivity contribution is -0.121. The Balaban J connectivity index is 0.00000261. The molecule has 5 aromatic carbocycles. The van der Waals surface area contributed by atoms with Crippen LogP contribution in [0.5, 0.6) is 0 Å². The van der Waals surface area contributed by atoms with Crippen LogP contribution in [0.1, 0.15) is 40.9 Å². The van der Waals surface area contributed by atoms with Gasteiger partial charge in [-0.1, -0.05) is 97.1 Å². The molecule has 0 saturated carbocycles. The lowest BCUT2D eigenvalue weighted by atomic mass is 9.85. The first kappa shape index (κ1) is 38.5. The molecule has 1 saturated heterocycles. The molecule has 0 spiro atoms. The summed E-state index contributed by atoms with van der Waals surface area (Å²) in [5.74, 6) is 1.06. The monoisotopic (exact) mass is 736 g/mol. The van der Waals surface area contributed by atoms with Crippen molar-refractivity contribution in [3.8, 4) is 0 Å². The van der Waals surface area contributed by atoms with Crippen molar-refractivity contribution in [3.63, 3.8) is 0 Å². The van der Waals surface area contributed by atoms with Crippen molar-refractivity contribution in [2.45, 2.75) is 44.2 Å². The number of rotatable bonds is 11. The number of aromatic nitrogens is 2. The normalized spacial score (nSPS) is 14.0. The van der Waals surface area contributed by atoms with Gasteiger partial charge in [-0.15, -0.1) is 24.8 Å². The first-order valence-electron chi connectivity index (χ1n) is 17.4. The lowest BCUT2D eigenvalue weighted by Crippen LogP contribution is -2.49. The van der Waals surface area contributed by atoms with E-state index in [0.29, 0.717) is 38.9 Å². The van der Waals surface area contributed by atoms with Crippen LogP contribution in [0.4, 0.5) is 5.69 Å². The summed E-state index contributed by atoms with van der Waals surface area (Å²) >= 11 is 0. The molecule has 4 N–H and O–H groups in total. The van der Waals surface area contributed by atoms with Gasteiger partial charge in [0.05, 0.1) is 29.7 Å². The summed E-state index contributed by atoms with van der Waals surface area (Å²) in [6.07, 6.45) is 3.44. The van der Waals surface area contributed by atoms with Gasteiger partial charge in [0.2, 0.25) is 5.91 Å². The maximum Gasteiger partial charge on any atom is 0.241 e. The van der Waals surface area contributed by atoms with Crippen molar-refractivity contribution in [3.05, 3.63) is 143 Å². The highest BCUT2D eigenvalue weighted by atomic mass is 35.5. The Morgan fingerprint density at radius 2 is 1.56 bits per heavy atom. The van der Waals surface area contributed by atoms with Gasteiger partial charge in [0, 0.05) is 44.2 Å². The second kappa shape index (κ2) is 16.7. The first-order chi connectivity index (χ1) is 24.2. The highest BCUT2D eigenvalue weighted by Gasteiger charge is 2.33. The molecule has 0 unspecified atom stereocenters. The fourth-order valence-electron chi connectivity index (χ4n) is 7.22. The van der Waals surface area contributed by atoms with Crippen LogP contribution in [0.2, 0.25) is 0 Å². The predicted octanol–water partition coefficient (Wildman–Crippen LogP) is 7.24. The van der Waals surface area contributed by atoms with Crippen LogP contribution in [0.25, 0.3) is 21.8 Å². The van der Waals surface area contributed by atoms with Crippen LogP contribution in [0.15, 0.2) is 115 Å². The predicted molar refractivity (Wildman–Crippen MR) is 216 cm³/mol. The fourth-order valence-corrected chi connectivity index (χ4v) is 7.22. The third-order valence-electron chi connectivity index (χ3n) is 10.2. The third-order valence-corrected chi connectivity index (χ3v) is 10.2. The number of fused-ring (bicyclic) bond motifs is 2. The van der Waals surface area contributed by atoms with Crippen LogP contribution in [0.3, 0.4) is 0 Å². The van der Waals surface area contributed by atoms with E-state index in [0.717, 1.165) is 68.4 Å². The van der Waals surface area contributed by atoms with E-state index in [2.05, 4.69) is 58.0 Å². The van der Waals surface area contributed by atoms with E-state index in [1.165, 1.54) is 0 Å². The van der Waals surface area contributed by atoms with Gasteiger partial charge in [-0.2, -0.15) is 0 Å². The number of hydrogen-bond acceptors (Lipinski definition) is 5. The van der Waals surface area contributed by atoms with Crippen molar-refractivity contribution in [1.29, 1.82) is 5.41 Å². The molecule has 0 bridgehead atoms. The van der Waals surface area contributed by atoms with E-state index >= 15 is 0 Å². The SMILES string of the molecule is Cl.Cl.Cn1c(CCc2ccc(C(=N)N)cc2)nc2cc(N(Cc3cccc4ccccc34)C(=O)CN3CCC(O)(Cc4ccccc4)CC3)ccc21. The van der Waals surface area contributed by atoms with Crippen molar-refractivity contribution in [2.75, 3.05) is 24.5 Å². The van der Waals surface area contributed by atoms with E-state index in [1.807, 2.05) is 78.7 Å². The number of anilines is 1. The number of carbonyl (C=O) groups is 1. The minimum absolute atomic E-state index is 0. The summed E-state index contributed by atoms with van der Waals surface area (Å²) < 4.78 is 2.13. The van der Waals surface area contributed by atoms with Crippen LogP contribution in [0, 0.1) is 5.41 Å². The molecule has 1 aliphatic rings. The highest BCUT2D eigenvalue weighted by molar-refractivity contribution is 5.98. The van der Waals surface area contributed by atoms with Gasteiger partial charge >= 0.3 is 0 Å². The minimum atomic E-state index is -0.761. The Hall–Kier alpha value is -4.73. The maximum absolute atomic E-state index is 14.3. The topological polar surface area (TPSA) is 111 Å². The zero-order valence-corrected chi connectivity index (χ0v) is 31.0. The molecule has 52 heavy (non-hydrogen) atoms. The van der Waals surface area contributed by atoms with Gasteiger partial charge in [0.25, 0.3) is 0 Å². The Morgan fingerprint density at radius 1 is 0.865 bits per heavy atom. The van der Waals surface area contributed by atoms with E-state index in [-0.39, 0.29) is 43.1 Å². The minimum Gasteiger partial charge on any atom is -0.389 e. The number of hydrogen-bond donors (Lipinski definition) is 3. The highest BCUT2D eigenvalue weighted by Crippen LogP contribution is 2.29. The molecule has 1 aliphatic heterocycles. The molecule has 7 rings (SSSR count). The Morgan fingerprint density at radius 3 is 2.29 bits per heavy atom. The first-order valence-corrected chi connectivity index (χ1v) is 17.4. The molecular weight excluding hydrogens is 691 g/mol. The number of nitrogens with two attached hydrogens (primary N) is 1. The van der Waals surface area contributed by atoms with E-state index < -0.39 is 5.60 Å². The molecular formula is C42H46Cl2N6O2. The molecule has 270 valence electrons. The zero-order chi connectivity index (χ0) is 34.7. The van der Waals surface area contributed by atoms with Crippen molar-refractivity contribution < 1.29 is 9.90 Å². The van der Waals surface area contributed by atoms with Gasteiger partial charge in [0.15, 0.2) is 0 Å². The average molecular weight is 738 g/mol. The fraction of sp³-hybridized carbons (Fsp3) is 0.262. The summed E-state index contributed by atoms with van der Waals surface area (Å²) in [5.41, 5.74) is 11.7. The number of imidazole rings is 1. The Labute approximate surface area is 317 Å². The molecule has 10 heteroatoms. The average Bonchev–Trinajstić information content (AvgIpc) is 3.45. The van der Waals surface area contributed by atoms with Gasteiger partial charge in [-0.05, 0) is 64.9 Å². The van der Waals surface area contributed by atoms with Crippen molar-refractivity contribution >= 4 is 64.1 Å². The quantitative estimate of drug-likeness (QED) is 0.0960. The summed E-state index contributed by atoms with van der Waals surface area (Å²) in [6, 6.07) is 38.7. The molecule has 0 radical (unpaired) electrons. The Bertz CT molecular complexity index is 2140. The number of amidine groups is 1. The number of nitrogen functional groups attached to an aromatic ring is 1. The molecule has 8 nitrogen and oxygen atoms in total. The molecule has 6 aromatic rings. The summed E-state index contributed by atoms with van der Waals surface area (Å²) in [7, 11) is 2.04. The van der Waals surface area contributed by atoms with Gasteiger partial charge in [-0.25, -0.2) is 4.98 Å². The number of benzene rings is 5. The molecule has 1 amide bonds. The van der Waals surface area contributed by atoms with E-state index in [1.54, 1.807) is 0 Å². The molecule has 1 fully saturated rings. The maximum atomic E-state index is 14.3. The summed E-state index contributed by atoms with van der Waals surface area (Å²) in [6.45, 7) is 2.04. The number of nitrogens with one attached hydrogen (secondary N) is 1. The zero-order valence-electron chi connectivity index (χ0n) is 29.4. The second-order valence-corrected chi connectivity index (χ2v) is 13.7. The summed E-state index contributed by atoms with van der Waals surface area (Å²) in [5, 5.41) is 21.3. The smallest absolute Gasteiger partial charge is 0.241 e. The molecule has 2 heterocycles. The second-order valence-electron chi connectivity index (χ2n) is 13.7. The van der Waals surface area contributed by atoms with Crippen LogP contribution >= 0.6 is 24.8 Å². The molecule has 1 aromatic heterocycles. The van der Waals surface area contributed by atoms with Crippen LogP contribution in [-0.2, 0) is 37.6 Å². The number of nitrogens with zero attached hydrogens (tertiary/aromatic N) is 4.